The topological polar surface area (TPSA) is 71.1 Å². The maximum absolute atomic E-state index is 12.7. The van der Waals surface area contributed by atoms with Gasteiger partial charge in [0.2, 0.25) is 11.8 Å². The van der Waals surface area contributed by atoms with E-state index in [4.69, 9.17) is 23.2 Å². The molecule has 2 N–H and O–H groups in total. The van der Waals surface area contributed by atoms with Crippen molar-refractivity contribution < 1.29 is 9.59 Å². The zero-order valence-corrected chi connectivity index (χ0v) is 21.8. The van der Waals surface area contributed by atoms with Crippen LogP contribution in [0.2, 0.25) is 10.0 Å². The highest BCUT2D eigenvalue weighted by molar-refractivity contribution is 8.00. The zero-order valence-electron chi connectivity index (χ0n) is 18.6. The number of hydrogen-bond acceptors (Lipinski definition) is 5. The van der Waals surface area contributed by atoms with E-state index in [-0.39, 0.29) is 17.1 Å². The number of nitrogens with one attached hydrogen (secondary N) is 2. The Morgan fingerprint density at radius 1 is 1.00 bits per heavy atom. The quantitative estimate of drug-likeness (QED) is 0.227. The summed E-state index contributed by atoms with van der Waals surface area (Å²) in [5.74, 6) is -0.231. The van der Waals surface area contributed by atoms with E-state index in [2.05, 4.69) is 15.6 Å². The Morgan fingerprint density at radius 2 is 1.74 bits per heavy atom. The number of hydrogen-bond donors (Lipinski definition) is 2. The van der Waals surface area contributed by atoms with Crippen LogP contribution >= 0.6 is 46.3 Å². The van der Waals surface area contributed by atoms with E-state index < -0.39 is 0 Å². The van der Waals surface area contributed by atoms with E-state index in [9.17, 15) is 9.59 Å². The average Bonchev–Trinajstić information content (AvgIpc) is 3.29. The van der Waals surface area contributed by atoms with Crippen LogP contribution < -0.4 is 10.6 Å². The molecule has 0 aliphatic rings. The molecule has 4 rings (SSSR count). The fourth-order valence-corrected chi connectivity index (χ4v) is 5.31. The summed E-state index contributed by atoms with van der Waals surface area (Å²) in [6.07, 6.45) is 0.317. The number of carbonyl (C=O) groups excluding carboxylic acids is 2. The first kappa shape index (κ1) is 25.3. The number of thioether (sulfide) groups is 1. The molecule has 0 aliphatic carbocycles. The Kier molecular flexibility index (Phi) is 8.46. The second-order valence-electron chi connectivity index (χ2n) is 7.65. The Morgan fingerprint density at radius 3 is 2.46 bits per heavy atom. The standard InChI is InChI=1S/C26H21Cl2N3O2S2/c1-16(25(33)31-26-30-23(15-34-26)21-12-7-18(27)14-22(21)28)35-20-10-8-19(9-11-20)29-24(32)13-17-5-3-2-4-6-17/h2-12,14-16H,13H2,1H3,(H,29,32)(H,30,31,33). The van der Waals surface area contributed by atoms with Crippen molar-refractivity contribution in [3.63, 3.8) is 0 Å². The number of anilines is 2. The van der Waals surface area contributed by atoms with Gasteiger partial charge in [-0.1, -0.05) is 53.5 Å². The van der Waals surface area contributed by atoms with Crippen molar-refractivity contribution in [2.75, 3.05) is 10.6 Å². The Labute approximate surface area is 221 Å². The van der Waals surface area contributed by atoms with Crippen molar-refractivity contribution >= 4 is 68.9 Å². The second-order valence-corrected chi connectivity index (χ2v) is 10.8. The number of carbonyl (C=O) groups is 2. The highest BCUT2D eigenvalue weighted by Crippen LogP contribution is 2.33. The van der Waals surface area contributed by atoms with Gasteiger partial charge >= 0.3 is 0 Å². The van der Waals surface area contributed by atoms with Crippen LogP contribution in [0.5, 0.6) is 0 Å². The minimum atomic E-state index is -0.347. The summed E-state index contributed by atoms with van der Waals surface area (Å²) >= 11 is 15.0. The van der Waals surface area contributed by atoms with Gasteiger partial charge < -0.3 is 10.6 Å². The number of amides is 2. The monoisotopic (exact) mass is 541 g/mol. The number of thiazole rings is 1. The molecule has 35 heavy (non-hydrogen) atoms. The number of nitrogens with zero attached hydrogens (tertiary/aromatic N) is 1. The Hall–Kier alpha value is -2.84. The van der Waals surface area contributed by atoms with Crippen molar-refractivity contribution in [1.82, 2.24) is 4.98 Å². The first-order valence-electron chi connectivity index (χ1n) is 10.7. The van der Waals surface area contributed by atoms with Gasteiger partial charge in [-0.2, -0.15) is 0 Å². The maximum atomic E-state index is 12.7. The first-order chi connectivity index (χ1) is 16.9. The SMILES string of the molecule is CC(Sc1ccc(NC(=O)Cc2ccccc2)cc1)C(=O)Nc1nc(-c2ccc(Cl)cc2Cl)cs1. The predicted molar refractivity (Wildman–Crippen MR) is 147 cm³/mol. The summed E-state index contributed by atoms with van der Waals surface area (Å²) < 4.78 is 0. The smallest absolute Gasteiger partial charge is 0.239 e. The van der Waals surface area contributed by atoms with E-state index >= 15 is 0 Å². The minimum absolute atomic E-state index is 0.0768. The molecule has 0 saturated heterocycles. The highest BCUT2D eigenvalue weighted by atomic mass is 35.5. The lowest BCUT2D eigenvalue weighted by atomic mass is 10.1. The number of aromatic nitrogens is 1. The molecule has 9 heteroatoms. The van der Waals surface area contributed by atoms with Crippen LogP contribution in [0.25, 0.3) is 11.3 Å². The van der Waals surface area contributed by atoms with Gasteiger partial charge in [-0.3, -0.25) is 9.59 Å². The molecular weight excluding hydrogens is 521 g/mol. The zero-order chi connectivity index (χ0) is 24.8. The molecule has 2 amide bonds. The van der Waals surface area contributed by atoms with E-state index in [1.807, 2.05) is 66.9 Å². The summed E-state index contributed by atoms with van der Waals surface area (Å²) in [5, 5.41) is 8.81. The number of rotatable bonds is 8. The van der Waals surface area contributed by atoms with Gasteiger partial charge in [-0.25, -0.2) is 4.98 Å². The van der Waals surface area contributed by atoms with Crippen LogP contribution in [0.15, 0.2) is 83.1 Å². The van der Waals surface area contributed by atoms with Gasteiger partial charge in [0.1, 0.15) is 0 Å². The highest BCUT2D eigenvalue weighted by Gasteiger charge is 2.17. The lowest BCUT2D eigenvalue weighted by Crippen LogP contribution is -2.22. The minimum Gasteiger partial charge on any atom is -0.326 e. The van der Waals surface area contributed by atoms with Gasteiger partial charge in [0.25, 0.3) is 0 Å². The number of halogens is 2. The third-order valence-electron chi connectivity index (χ3n) is 4.97. The fraction of sp³-hybridized carbons (Fsp3) is 0.115. The summed E-state index contributed by atoms with van der Waals surface area (Å²) in [6.45, 7) is 1.83. The van der Waals surface area contributed by atoms with Gasteiger partial charge in [0, 0.05) is 26.5 Å². The van der Waals surface area contributed by atoms with E-state index in [0.29, 0.717) is 33.0 Å². The molecule has 1 heterocycles. The summed E-state index contributed by atoms with van der Waals surface area (Å²) in [6, 6.07) is 22.2. The van der Waals surface area contributed by atoms with Crippen LogP contribution in [0.3, 0.4) is 0 Å². The van der Waals surface area contributed by atoms with Crippen molar-refractivity contribution in [2.24, 2.45) is 0 Å². The van der Waals surface area contributed by atoms with Gasteiger partial charge in [-0.05, 0) is 55.0 Å². The molecular formula is C26H21Cl2N3O2S2. The molecule has 5 nitrogen and oxygen atoms in total. The summed E-state index contributed by atoms with van der Waals surface area (Å²) in [7, 11) is 0. The molecule has 1 aromatic heterocycles. The first-order valence-corrected chi connectivity index (χ1v) is 13.2. The Bertz CT molecular complexity index is 1330. The fourth-order valence-electron chi connectivity index (χ4n) is 3.22. The van der Waals surface area contributed by atoms with Gasteiger partial charge in [-0.15, -0.1) is 23.1 Å². The van der Waals surface area contributed by atoms with Crippen molar-refractivity contribution in [1.29, 1.82) is 0 Å². The molecule has 3 aromatic carbocycles. The largest absolute Gasteiger partial charge is 0.326 e. The molecule has 4 aromatic rings. The van der Waals surface area contributed by atoms with E-state index in [1.54, 1.807) is 18.2 Å². The third kappa shape index (κ3) is 7.08. The van der Waals surface area contributed by atoms with Crippen LogP contribution in [-0.2, 0) is 16.0 Å². The Balaban J connectivity index is 1.30. The molecule has 1 unspecified atom stereocenters. The molecule has 0 bridgehead atoms. The van der Waals surface area contributed by atoms with Crippen LogP contribution in [0.1, 0.15) is 12.5 Å². The van der Waals surface area contributed by atoms with Crippen molar-refractivity contribution in [2.45, 2.75) is 23.5 Å². The van der Waals surface area contributed by atoms with Crippen molar-refractivity contribution in [3.05, 3.63) is 93.8 Å². The normalized spacial score (nSPS) is 11.6. The van der Waals surface area contributed by atoms with Crippen LogP contribution in [0, 0.1) is 0 Å². The molecule has 0 aliphatic heterocycles. The molecule has 178 valence electrons. The molecule has 0 saturated carbocycles. The lowest BCUT2D eigenvalue weighted by molar-refractivity contribution is -0.116. The molecule has 0 fully saturated rings. The van der Waals surface area contributed by atoms with E-state index in [1.165, 1.54) is 23.1 Å². The molecule has 0 spiro atoms. The summed E-state index contributed by atoms with van der Waals surface area (Å²) in [4.78, 5) is 30.3. The molecule has 0 radical (unpaired) electrons. The van der Waals surface area contributed by atoms with Crippen LogP contribution in [0.4, 0.5) is 10.8 Å². The predicted octanol–water partition coefficient (Wildman–Crippen LogP) is 7.42. The van der Waals surface area contributed by atoms with Gasteiger partial charge in [0.05, 0.1) is 22.4 Å². The van der Waals surface area contributed by atoms with Crippen LogP contribution in [-0.4, -0.2) is 22.0 Å². The molecule has 1 atom stereocenters. The second kappa shape index (κ2) is 11.7. The maximum Gasteiger partial charge on any atom is 0.239 e. The number of benzene rings is 3. The summed E-state index contributed by atoms with van der Waals surface area (Å²) in [5.41, 5.74) is 3.10. The third-order valence-corrected chi connectivity index (χ3v) is 7.39. The van der Waals surface area contributed by atoms with E-state index in [0.717, 1.165) is 16.0 Å². The van der Waals surface area contributed by atoms with Crippen molar-refractivity contribution in [3.8, 4) is 11.3 Å². The lowest BCUT2D eigenvalue weighted by Gasteiger charge is -2.11. The average molecular weight is 543 g/mol. The van der Waals surface area contributed by atoms with Gasteiger partial charge in [0.15, 0.2) is 5.13 Å².